The van der Waals surface area contributed by atoms with Crippen molar-refractivity contribution < 1.29 is 14.3 Å². The second-order valence-electron chi connectivity index (χ2n) is 6.37. The Labute approximate surface area is 115 Å². The van der Waals surface area contributed by atoms with Gasteiger partial charge in [-0.25, -0.2) is 0 Å². The van der Waals surface area contributed by atoms with Crippen LogP contribution in [0, 0.1) is 17.8 Å². The highest BCUT2D eigenvalue weighted by Crippen LogP contribution is 2.50. The third kappa shape index (κ3) is 1.82. The van der Waals surface area contributed by atoms with E-state index in [9.17, 15) is 4.79 Å². The van der Waals surface area contributed by atoms with Crippen LogP contribution in [0.2, 0.25) is 0 Å². The fourth-order valence-electron chi connectivity index (χ4n) is 4.28. The highest BCUT2D eigenvalue weighted by Gasteiger charge is 2.57. The van der Waals surface area contributed by atoms with Crippen LogP contribution >= 0.6 is 0 Å². The third-order valence-corrected chi connectivity index (χ3v) is 5.52. The molecule has 3 nitrogen and oxygen atoms in total. The Morgan fingerprint density at radius 1 is 1.32 bits per heavy atom. The number of fused-ring (bicyclic) bond motifs is 2. The highest BCUT2D eigenvalue weighted by molar-refractivity contribution is 5.86. The van der Waals surface area contributed by atoms with Crippen molar-refractivity contribution in [1.29, 1.82) is 0 Å². The predicted octanol–water partition coefficient (Wildman–Crippen LogP) is 2.74. The molecule has 0 radical (unpaired) electrons. The number of hydrogen-bond donors (Lipinski definition) is 0. The average Bonchev–Trinajstić information content (AvgIpc) is 2.87. The second-order valence-corrected chi connectivity index (χ2v) is 6.37. The number of carbonyl (C=O) groups excluding carboxylic acids is 1. The fraction of sp³-hybridized carbons (Fsp3) is 0.812. The standard InChI is InChI=1S/C16H24O3/c1-10-13-8-9-16(19-13,11(2)15(10)17)12-6-4-5-7-14(12)18-3/h8-14H,4-7H2,1-3H3/t10-,11-,12+,13-,14-,16-/m1/s1. The number of rotatable bonds is 2. The number of hydrogen-bond acceptors (Lipinski definition) is 3. The molecule has 3 aliphatic rings. The van der Waals surface area contributed by atoms with E-state index < -0.39 is 5.60 Å². The van der Waals surface area contributed by atoms with E-state index in [1.165, 1.54) is 12.8 Å². The van der Waals surface area contributed by atoms with Gasteiger partial charge >= 0.3 is 0 Å². The molecule has 6 atom stereocenters. The first kappa shape index (κ1) is 13.3. The highest BCUT2D eigenvalue weighted by atomic mass is 16.5. The second kappa shape index (κ2) is 4.71. The van der Waals surface area contributed by atoms with E-state index in [-0.39, 0.29) is 24.0 Å². The monoisotopic (exact) mass is 264 g/mol. The Morgan fingerprint density at radius 3 is 2.79 bits per heavy atom. The molecule has 0 aromatic heterocycles. The van der Waals surface area contributed by atoms with Crippen molar-refractivity contribution in [3.05, 3.63) is 12.2 Å². The SMILES string of the molecule is CO[C@@H]1CCCC[C@@H]1[C@]12C=C[C@@H](O1)[C@@H](C)C(=O)[C@H]2C. The fourth-order valence-corrected chi connectivity index (χ4v) is 4.28. The summed E-state index contributed by atoms with van der Waals surface area (Å²) in [5.74, 6) is 0.602. The van der Waals surface area contributed by atoms with Gasteiger partial charge in [0.25, 0.3) is 0 Å². The molecule has 0 unspecified atom stereocenters. The lowest BCUT2D eigenvalue weighted by atomic mass is 9.67. The van der Waals surface area contributed by atoms with Crippen LogP contribution < -0.4 is 0 Å². The van der Waals surface area contributed by atoms with E-state index in [1.807, 2.05) is 13.8 Å². The van der Waals surface area contributed by atoms with Gasteiger partial charge in [0.1, 0.15) is 11.4 Å². The summed E-state index contributed by atoms with van der Waals surface area (Å²) in [7, 11) is 1.79. The molecule has 1 saturated heterocycles. The van der Waals surface area contributed by atoms with Crippen LogP contribution in [-0.4, -0.2) is 30.7 Å². The van der Waals surface area contributed by atoms with Crippen molar-refractivity contribution in [1.82, 2.24) is 0 Å². The smallest absolute Gasteiger partial charge is 0.144 e. The zero-order valence-corrected chi connectivity index (χ0v) is 12.1. The minimum Gasteiger partial charge on any atom is -0.381 e. The molecule has 106 valence electrons. The largest absolute Gasteiger partial charge is 0.381 e. The summed E-state index contributed by atoms with van der Waals surface area (Å²) in [4.78, 5) is 12.5. The van der Waals surface area contributed by atoms with Crippen molar-refractivity contribution in [2.24, 2.45) is 17.8 Å². The molecule has 0 N–H and O–H groups in total. The molecule has 0 aromatic carbocycles. The molecular formula is C16H24O3. The average molecular weight is 264 g/mol. The Bertz CT molecular complexity index is 403. The van der Waals surface area contributed by atoms with Crippen LogP contribution in [0.3, 0.4) is 0 Å². The quantitative estimate of drug-likeness (QED) is 0.719. The van der Waals surface area contributed by atoms with Gasteiger partial charge in [0, 0.05) is 24.9 Å². The number of ketones is 1. The van der Waals surface area contributed by atoms with E-state index in [2.05, 4.69) is 12.2 Å². The lowest BCUT2D eigenvalue weighted by Gasteiger charge is -2.49. The van der Waals surface area contributed by atoms with E-state index in [4.69, 9.17) is 9.47 Å². The summed E-state index contributed by atoms with van der Waals surface area (Å²) in [5, 5.41) is 0. The predicted molar refractivity (Wildman–Crippen MR) is 72.8 cm³/mol. The van der Waals surface area contributed by atoms with E-state index in [0.29, 0.717) is 11.7 Å². The molecule has 2 aliphatic heterocycles. The normalized spacial score (nSPS) is 49.6. The van der Waals surface area contributed by atoms with Crippen LogP contribution in [0.5, 0.6) is 0 Å². The van der Waals surface area contributed by atoms with Crippen LogP contribution in [-0.2, 0) is 14.3 Å². The van der Waals surface area contributed by atoms with Crippen molar-refractivity contribution in [3.63, 3.8) is 0 Å². The van der Waals surface area contributed by atoms with Crippen LogP contribution in [0.4, 0.5) is 0 Å². The van der Waals surface area contributed by atoms with E-state index in [0.717, 1.165) is 12.8 Å². The Hall–Kier alpha value is -0.670. The minimum atomic E-state index is -0.407. The van der Waals surface area contributed by atoms with E-state index >= 15 is 0 Å². The molecule has 3 heteroatoms. The molecule has 0 aromatic rings. The topological polar surface area (TPSA) is 35.5 Å². The molecule has 3 rings (SSSR count). The lowest BCUT2D eigenvalue weighted by molar-refractivity contribution is -0.184. The minimum absolute atomic E-state index is 0.00791. The maximum Gasteiger partial charge on any atom is 0.144 e. The first-order valence-corrected chi connectivity index (χ1v) is 7.54. The first-order chi connectivity index (χ1) is 9.10. The summed E-state index contributed by atoms with van der Waals surface area (Å²) in [5.41, 5.74) is -0.407. The Balaban J connectivity index is 1.94. The van der Waals surface area contributed by atoms with Gasteiger partial charge in [-0.15, -0.1) is 0 Å². The molecule has 0 spiro atoms. The van der Waals surface area contributed by atoms with E-state index in [1.54, 1.807) is 7.11 Å². The lowest BCUT2D eigenvalue weighted by Crippen LogP contribution is -2.57. The first-order valence-electron chi connectivity index (χ1n) is 7.54. The number of Topliss-reactive ketones (excluding diaryl/α,β-unsaturated/α-hetero) is 1. The molecule has 2 bridgehead atoms. The summed E-state index contributed by atoms with van der Waals surface area (Å²) in [6.45, 7) is 4.02. The summed E-state index contributed by atoms with van der Waals surface area (Å²) in [6, 6.07) is 0. The number of methoxy groups -OCH3 is 1. The van der Waals surface area contributed by atoms with Gasteiger partial charge in [-0.1, -0.05) is 38.8 Å². The van der Waals surface area contributed by atoms with Crippen LogP contribution in [0.15, 0.2) is 12.2 Å². The maximum absolute atomic E-state index is 12.5. The van der Waals surface area contributed by atoms with Crippen molar-refractivity contribution in [2.45, 2.75) is 57.3 Å². The van der Waals surface area contributed by atoms with Gasteiger partial charge in [-0.2, -0.15) is 0 Å². The Morgan fingerprint density at radius 2 is 2.05 bits per heavy atom. The van der Waals surface area contributed by atoms with Gasteiger partial charge in [0.15, 0.2) is 0 Å². The summed E-state index contributed by atoms with van der Waals surface area (Å²) < 4.78 is 12.0. The molecule has 1 aliphatic carbocycles. The third-order valence-electron chi connectivity index (χ3n) is 5.52. The zero-order chi connectivity index (χ0) is 13.6. The zero-order valence-electron chi connectivity index (χ0n) is 12.1. The van der Waals surface area contributed by atoms with Gasteiger partial charge in [-0.3, -0.25) is 4.79 Å². The summed E-state index contributed by atoms with van der Waals surface area (Å²) in [6.07, 6.45) is 9.09. The molecule has 2 heterocycles. The Kier molecular flexibility index (Phi) is 3.30. The molecule has 0 amide bonds. The van der Waals surface area contributed by atoms with Crippen LogP contribution in [0.25, 0.3) is 0 Å². The molecular weight excluding hydrogens is 240 g/mol. The molecule has 19 heavy (non-hydrogen) atoms. The van der Waals surface area contributed by atoms with Gasteiger partial charge in [-0.05, 0) is 12.8 Å². The van der Waals surface area contributed by atoms with Crippen molar-refractivity contribution >= 4 is 5.78 Å². The molecule has 1 saturated carbocycles. The van der Waals surface area contributed by atoms with Crippen molar-refractivity contribution in [2.75, 3.05) is 7.11 Å². The maximum atomic E-state index is 12.5. The molecule has 2 fully saturated rings. The van der Waals surface area contributed by atoms with Gasteiger partial charge < -0.3 is 9.47 Å². The van der Waals surface area contributed by atoms with Gasteiger partial charge in [0.2, 0.25) is 0 Å². The van der Waals surface area contributed by atoms with Crippen LogP contribution in [0.1, 0.15) is 39.5 Å². The number of carbonyl (C=O) groups is 1. The summed E-state index contributed by atoms with van der Waals surface area (Å²) >= 11 is 0. The van der Waals surface area contributed by atoms with Gasteiger partial charge in [0.05, 0.1) is 12.2 Å². The van der Waals surface area contributed by atoms with Crippen molar-refractivity contribution in [3.8, 4) is 0 Å². The number of ether oxygens (including phenoxy) is 2.